The summed E-state index contributed by atoms with van der Waals surface area (Å²) in [6.45, 7) is 0.453. The van der Waals surface area contributed by atoms with E-state index in [0.29, 0.717) is 18.2 Å². The number of aromatic nitrogens is 2. The van der Waals surface area contributed by atoms with Crippen molar-refractivity contribution in [2.24, 2.45) is 0 Å². The van der Waals surface area contributed by atoms with Crippen molar-refractivity contribution in [3.63, 3.8) is 0 Å². The molecule has 21 heavy (non-hydrogen) atoms. The molecule has 0 unspecified atom stereocenters. The van der Waals surface area contributed by atoms with Gasteiger partial charge in [-0.25, -0.2) is 0 Å². The fourth-order valence-electron chi connectivity index (χ4n) is 2.08. The summed E-state index contributed by atoms with van der Waals surface area (Å²) in [6.07, 6.45) is 2.36. The number of nitrogens with zero attached hydrogens (tertiary/aromatic N) is 2. The van der Waals surface area contributed by atoms with E-state index in [1.54, 1.807) is 13.2 Å². The summed E-state index contributed by atoms with van der Waals surface area (Å²) < 4.78 is 5.09. The van der Waals surface area contributed by atoms with Crippen LogP contribution in [0.2, 0.25) is 0 Å². The van der Waals surface area contributed by atoms with Gasteiger partial charge in [0.2, 0.25) is 0 Å². The SMILES string of the molecule is COc1ccc(CNC(=O)c2ccc(C3CC3)nn2)cc1. The lowest BCUT2D eigenvalue weighted by Gasteiger charge is -2.06. The molecule has 1 aliphatic carbocycles. The molecule has 1 aromatic carbocycles. The smallest absolute Gasteiger partial charge is 0.272 e. The van der Waals surface area contributed by atoms with Gasteiger partial charge in [-0.1, -0.05) is 12.1 Å². The number of hydrogen-bond acceptors (Lipinski definition) is 4. The van der Waals surface area contributed by atoms with Crippen LogP contribution < -0.4 is 10.1 Å². The molecule has 0 aliphatic heterocycles. The predicted octanol–water partition coefficient (Wildman–Crippen LogP) is 2.29. The second-order valence-electron chi connectivity index (χ2n) is 5.15. The first kappa shape index (κ1) is 13.5. The number of nitrogens with one attached hydrogen (secondary N) is 1. The molecule has 1 heterocycles. The lowest BCUT2D eigenvalue weighted by molar-refractivity contribution is 0.0945. The van der Waals surface area contributed by atoms with Crippen LogP contribution in [0.4, 0.5) is 0 Å². The molecule has 2 aromatic rings. The Morgan fingerprint density at radius 2 is 1.95 bits per heavy atom. The summed E-state index contributed by atoms with van der Waals surface area (Å²) >= 11 is 0. The molecule has 0 radical (unpaired) electrons. The molecule has 5 nitrogen and oxygen atoms in total. The number of amides is 1. The van der Waals surface area contributed by atoms with Crippen molar-refractivity contribution in [2.45, 2.75) is 25.3 Å². The number of carbonyl (C=O) groups is 1. The zero-order valence-electron chi connectivity index (χ0n) is 11.9. The van der Waals surface area contributed by atoms with Crippen LogP contribution in [0.3, 0.4) is 0 Å². The summed E-state index contributed by atoms with van der Waals surface area (Å²) in [7, 11) is 1.63. The Bertz CT molecular complexity index is 619. The highest BCUT2D eigenvalue weighted by atomic mass is 16.5. The average Bonchev–Trinajstić information content (AvgIpc) is 3.38. The minimum atomic E-state index is -0.208. The van der Waals surface area contributed by atoms with Gasteiger partial charge in [-0.15, -0.1) is 5.10 Å². The molecule has 5 heteroatoms. The highest BCUT2D eigenvalue weighted by molar-refractivity contribution is 5.91. The Labute approximate surface area is 123 Å². The maximum absolute atomic E-state index is 12.0. The van der Waals surface area contributed by atoms with Crippen molar-refractivity contribution < 1.29 is 9.53 Å². The van der Waals surface area contributed by atoms with Gasteiger partial charge < -0.3 is 10.1 Å². The third kappa shape index (κ3) is 3.37. The van der Waals surface area contributed by atoms with Gasteiger partial charge >= 0.3 is 0 Å². The molecule has 1 saturated carbocycles. The fourth-order valence-corrected chi connectivity index (χ4v) is 2.08. The molecule has 1 aromatic heterocycles. The summed E-state index contributed by atoms with van der Waals surface area (Å²) in [5, 5.41) is 10.9. The molecule has 108 valence electrons. The van der Waals surface area contributed by atoms with Crippen LogP contribution in [0, 0.1) is 0 Å². The number of hydrogen-bond donors (Lipinski definition) is 1. The van der Waals surface area contributed by atoms with Crippen LogP contribution in [0.15, 0.2) is 36.4 Å². The molecule has 0 saturated heterocycles. The fraction of sp³-hybridized carbons (Fsp3) is 0.312. The molecule has 0 atom stereocenters. The van der Waals surface area contributed by atoms with Crippen molar-refractivity contribution >= 4 is 5.91 Å². The van der Waals surface area contributed by atoms with Gasteiger partial charge in [0.1, 0.15) is 5.75 Å². The minimum absolute atomic E-state index is 0.208. The lowest BCUT2D eigenvalue weighted by Crippen LogP contribution is -2.24. The number of ether oxygens (including phenoxy) is 1. The zero-order valence-corrected chi connectivity index (χ0v) is 11.9. The molecule has 1 fully saturated rings. The summed E-state index contributed by atoms with van der Waals surface area (Å²) in [5.41, 5.74) is 2.35. The van der Waals surface area contributed by atoms with Gasteiger partial charge in [-0.05, 0) is 42.7 Å². The average molecular weight is 283 g/mol. The predicted molar refractivity (Wildman–Crippen MR) is 78.2 cm³/mol. The van der Waals surface area contributed by atoms with Crippen molar-refractivity contribution in [1.29, 1.82) is 0 Å². The largest absolute Gasteiger partial charge is 0.497 e. The van der Waals surface area contributed by atoms with E-state index in [-0.39, 0.29) is 5.91 Å². The Morgan fingerprint density at radius 3 is 2.52 bits per heavy atom. The summed E-state index contributed by atoms with van der Waals surface area (Å²) in [5.74, 6) is 1.14. The van der Waals surface area contributed by atoms with E-state index in [2.05, 4.69) is 15.5 Å². The van der Waals surface area contributed by atoms with Gasteiger partial charge in [-0.2, -0.15) is 5.10 Å². The second-order valence-corrected chi connectivity index (χ2v) is 5.15. The van der Waals surface area contributed by atoms with Gasteiger partial charge in [0.25, 0.3) is 5.91 Å². The van der Waals surface area contributed by atoms with Gasteiger partial charge in [-0.3, -0.25) is 4.79 Å². The van der Waals surface area contributed by atoms with E-state index in [1.165, 1.54) is 12.8 Å². The number of methoxy groups -OCH3 is 1. The third-order valence-electron chi connectivity index (χ3n) is 3.53. The van der Waals surface area contributed by atoms with Gasteiger partial charge in [0, 0.05) is 12.5 Å². The summed E-state index contributed by atoms with van der Waals surface area (Å²) in [6, 6.07) is 11.2. The van der Waals surface area contributed by atoms with Crippen molar-refractivity contribution in [3.8, 4) is 5.75 Å². The van der Waals surface area contributed by atoms with Gasteiger partial charge in [0.05, 0.1) is 12.8 Å². The third-order valence-corrected chi connectivity index (χ3v) is 3.53. The lowest BCUT2D eigenvalue weighted by atomic mass is 10.2. The van der Waals surface area contributed by atoms with Gasteiger partial charge in [0.15, 0.2) is 5.69 Å². The normalized spacial score (nSPS) is 13.8. The van der Waals surface area contributed by atoms with Crippen molar-refractivity contribution in [1.82, 2.24) is 15.5 Å². The molecule has 1 N–H and O–H groups in total. The number of carbonyl (C=O) groups excluding carboxylic acids is 1. The second kappa shape index (κ2) is 5.91. The molecule has 3 rings (SSSR count). The monoisotopic (exact) mass is 283 g/mol. The highest BCUT2D eigenvalue weighted by Gasteiger charge is 2.25. The molecule has 0 bridgehead atoms. The van der Waals surface area contributed by atoms with Crippen LogP contribution in [-0.2, 0) is 6.54 Å². The molecular weight excluding hydrogens is 266 g/mol. The Morgan fingerprint density at radius 1 is 1.19 bits per heavy atom. The van der Waals surface area contributed by atoms with Crippen LogP contribution >= 0.6 is 0 Å². The van der Waals surface area contributed by atoms with E-state index >= 15 is 0 Å². The zero-order chi connectivity index (χ0) is 14.7. The maximum Gasteiger partial charge on any atom is 0.272 e. The molecule has 1 amide bonds. The van der Waals surface area contributed by atoms with Crippen LogP contribution in [0.1, 0.15) is 40.5 Å². The van der Waals surface area contributed by atoms with E-state index in [0.717, 1.165) is 17.0 Å². The number of rotatable bonds is 5. The molecule has 1 aliphatic rings. The maximum atomic E-state index is 12.0. The molecular formula is C16H17N3O2. The highest BCUT2D eigenvalue weighted by Crippen LogP contribution is 2.38. The quantitative estimate of drug-likeness (QED) is 0.914. The minimum Gasteiger partial charge on any atom is -0.497 e. The Balaban J connectivity index is 1.57. The van der Waals surface area contributed by atoms with Crippen LogP contribution in [-0.4, -0.2) is 23.2 Å². The van der Waals surface area contributed by atoms with Crippen molar-refractivity contribution in [2.75, 3.05) is 7.11 Å². The van der Waals surface area contributed by atoms with Crippen molar-refractivity contribution in [3.05, 3.63) is 53.3 Å². The first-order valence-electron chi connectivity index (χ1n) is 7.01. The van der Waals surface area contributed by atoms with E-state index in [9.17, 15) is 4.79 Å². The van der Waals surface area contributed by atoms with Crippen LogP contribution in [0.5, 0.6) is 5.75 Å². The summed E-state index contributed by atoms with van der Waals surface area (Å²) in [4.78, 5) is 12.0. The number of benzene rings is 1. The standard InChI is InChI=1S/C16H17N3O2/c1-21-13-6-2-11(3-7-13)10-17-16(20)15-9-8-14(18-19-15)12-4-5-12/h2-3,6-9,12H,4-5,10H2,1H3,(H,17,20). The Kier molecular flexibility index (Phi) is 3.81. The van der Waals surface area contributed by atoms with E-state index < -0.39 is 0 Å². The van der Waals surface area contributed by atoms with Crippen LogP contribution in [0.25, 0.3) is 0 Å². The van der Waals surface area contributed by atoms with E-state index in [1.807, 2.05) is 30.3 Å². The van der Waals surface area contributed by atoms with E-state index in [4.69, 9.17) is 4.74 Å². The first-order valence-corrected chi connectivity index (χ1v) is 7.01. The topological polar surface area (TPSA) is 64.1 Å². The first-order chi connectivity index (χ1) is 10.3. The Hall–Kier alpha value is -2.43. The molecule has 0 spiro atoms.